The van der Waals surface area contributed by atoms with Gasteiger partial charge in [-0.3, -0.25) is 4.79 Å². The van der Waals surface area contributed by atoms with Gasteiger partial charge in [-0.05, 0) is 66.6 Å². The first-order valence-corrected chi connectivity index (χ1v) is 11.9. The number of benzene rings is 3. The Morgan fingerprint density at radius 1 is 0.946 bits per heavy atom. The van der Waals surface area contributed by atoms with Crippen molar-refractivity contribution in [3.8, 4) is 34.5 Å². The number of carbonyl (C=O) groups excluding carboxylic acids is 1. The van der Waals surface area contributed by atoms with Crippen molar-refractivity contribution in [3.05, 3.63) is 71.3 Å². The predicted octanol–water partition coefficient (Wildman–Crippen LogP) is 4.83. The Morgan fingerprint density at radius 3 is 2.30 bits per heavy atom. The van der Waals surface area contributed by atoms with Crippen LogP contribution < -0.4 is 28.4 Å². The zero-order valence-electron chi connectivity index (χ0n) is 21.1. The molecule has 5 rings (SSSR count). The van der Waals surface area contributed by atoms with E-state index in [1.54, 1.807) is 12.1 Å². The summed E-state index contributed by atoms with van der Waals surface area (Å²) in [5.74, 6) is 2.99. The van der Waals surface area contributed by atoms with Gasteiger partial charge in [0.1, 0.15) is 5.75 Å². The van der Waals surface area contributed by atoms with Crippen LogP contribution in [0, 0.1) is 0 Å². The molecule has 1 unspecified atom stereocenters. The molecule has 0 radical (unpaired) electrons. The predicted molar refractivity (Wildman–Crippen MR) is 136 cm³/mol. The van der Waals surface area contributed by atoms with Gasteiger partial charge in [-0.2, -0.15) is 5.10 Å². The highest BCUT2D eigenvalue weighted by Gasteiger charge is 2.35. The number of carbonyl (C=O) groups is 1. The molecule has 9 heteroatoms. The lowest BCUT2D eigenvalue weighted by Crippen LogP contribution is -2.27. The summed E-state index contributed by atoms with van der Waals surface area (Å²) in [4.78, 5) is 13.9. The minimum Gasteiger partial charge on any atom is -0.494 e. The minimum absolute atomic E-state index is 0.172. The molecule has 37 heavy (non-hydrogen) atoms. The lowest BCUT2D eigenvalue weighted by molar-refractivity contribution is 0.0710. The van der Waals surface area contributed by atoms with E-state index < -0.39 is 0 Å². The Bertz CT molecular complexity index is 1310. The summed E-state index contributed by atoms with van der Waals surface area (Å²) in [6, 6.07) is 16.3. The second-order valence-corrected chi connectivity index (χ2v) is 8.40. The third-order valence-corrected chi connectivity index (χ3v) is 6.31. The number of methoxy groups -OCH3 is 3. The zero-order valence-corrected chi connectivity index (χ0v) is 21.1. The van der Waals surface area contributed by atoms with E-state index in [2.05, 4.69) is 0 Å². The summed E-state index contributed by atoms with van der Waals surface area (Å²) < 4.78 is 33.0. The van der Waals surface area contributed by atoms with Crippen molar-refractivity contribution in [1.29, 1.82) is 0 Å². The fourth-order valence-corrected chi connectivity index (χ4v) is 4.50. The maximum atomic E-state index is 13.9. The minimum atomic E-state index is -0.359. The molecular formula is C28H28N2O7. The second-order valence-electron chi connectivity index (χ2n) is 8.40. The van der Waals surface area contributed by atoms with Crippen LogP contribution in [0.3, 0.4) is 0 Å². The van der Waals surface area contributed by atoms with Crippen LogP contribution in [-0.4, -0.2) is 51.4 Å². The summed E-state index contributed by atoms with van der Waals surface area (Å²) in [6.07, 6.45) is 0.518. The van der Waals surface area contributed by atoms with E-state index in [0.29, 0.717) is 47.3 Å². The van der Waals surface area contributed by atoms with Crippen LogP contribution >= 0.6 is 0 Å². The average Bonchev–Trinajstić information content (AvgIpc) is 3.59. The maximum absolute atomic E-state index is 13.9. The third kappa shape index (κ3) is 4.60. The van der Waals surface area contributed by atoms with Gasteiger partial charge in [0.2, 0.25) is 12.5 Å². The topological polar surface area (TPSA) is 88.1 Å². The van der Waals surface area contributed by atoms with Gasteiger partial charge >= 0.3 is 0 Å². The first-order chi connectivity index (χ1) is 18.1. The number of hydrazone groups is 1. The van der Waals surface area contributed by atoms with Crippen molar-refractivity contribution in [2.45, 2.75) is 19.4 Å². The Labute approximate surface area is 215 Å². The molecule has 2 heterocycles. The summed E-state index contributed by atoms with van der Waals surface area (Å²) in [5.41, 5.74) is 2.94. The Kier molecular flexibility index (Phi) is 6.76. The Morgan fingerprint density at radius 2 is 1.65 bits per heavy atom. The normalized spacial score (nSPS) is 15.8. The fraction of sp³-hybridized carbons (Fsp3) is 0.286. The highest BCUT2D eigenvalue weighted by atomic mass is 16.7. The average molecular weight is 505 g/mol. The Balaban J connectivity index is 1.54. The van der Waals surface area contributed by atoms with Gasteiger partial charge in [-0.1, -0.05) is 6.07 Å². The molecule has 0 fully saturated rings. The quantitative estimate of drug-likeness (QED) is 0.434. The van der Waals surface area contributed by atoms with Crippen LogP contribution in [0.4, 0.5) is 0 Å². The molecule has 2 aliphatic heterocycles. The van der Waals surface area contributed by atoms with Gasteiger partial charge in [0, 0.05) is 12.0 Å². The Hall–Kier alpha value is -4.40. The van der Waals surface area contributed by atoms with E-state index in [9.17, 15) is 4.79 Å². The highest BCUT2D eigenvalue weighted by molar-refractivity contribution is 6.05. The zero-order chi connectivity index (χ0) is 25.9. The molecule has 3 aromatic rings. The maximum Gasteiger partial charge on any atom is 0.274 e. The number of nitrogens with zero attached hydrogens (tertiary/aromatic N) is 2. The van der Waals surface area contributed by atoms with E-state index in [4.69, 9.17) is 33.5 Å². The molecule has 1 atom stereocenters. The third-order valence-electron chi connectivity index (χ3n) is 6.31. The smallest absolute Gasteiger partial charge is 0.274 e. The summed E-state index contributed by atoms with van der Waals surface area (Å²) in [6.45, 7) is 2.70. The number of rotatable bonds is 8. The van der Waals surface area contributed by atoms with Gasteiger partial charge in [0.15, 0.2) is 23.0 Å². The highest BCUT2D eigenvalue weighted by Crippen LogP contribution is 2.42. The van der Waals surface area contributed by atoms with Gasteiger partial charge in [0.25, 0.3) is 5.91 Å². The molecule has 0 N–H and O–H groups in total. The van der Waals surface area contributed by atoms with Crippen LogP contribution in [0.2, 0.25) is 0 Å². The molecule has 3 aromatic carbocycles. The number of ether oxygens (including phenoxy) is 6. The number of fused-ring (bicyclic) bond motifs is 1. The van der Waals surface area contributed by atoms with Gasteiger partial charge in [-0.15, -0.1) is 0 Å². The molecule has 0 aliphatic carbocycles. The summed E-state index contributed by atoms with van der Waals surface area (Å²) in [5, 5.41) is 6.29. The number of amides is 1. The van der Waals surface area contributed by atoms with Crippen molar-refractivity contribution in [2.75, 3.05) is 34.7 Å². The van der Waals surface area contributed by atoms with E-state index in [1.165, 1.54) is 26.3 Å². The SMILES string of the molecule is CCOc1ccc(C2=NN(C(=O)c3cc(OC)c(OC)c(OC)c3)C(c3ccc4c(c3)OCO4)C2)cc1. The molecule has 1 amide bonds. The molecule has 2 aliphatic rings. The molecule has 0 bridgehead atoms. The van der Waals surface area contributed by atoms with Gasteiger partial charge < -0.3 is 28.4 Å². The monoisotopic (exact) mass is 504 g/mol. The van der Waals surface area contributed by atoms with Crippen LogP contribution in [0.15, 0.2) is 59.7 Å². The largest absolute Gasteiger partial charge is 0.494 e. The number of hydrogen-bond donors (Lipinski definition) is 0. The fourth-order valence-electron chi connectivity index (χ4n) is 4.50. The molecule has 9 nitrogen and oxygen atoms in total. The van der Waals surface area contributed by atoms with Crippen molar-refractivity contribution in [3.63, 3.8) is 0 Å². The van der Waals surface area contributed by atoms with Crippen LogP contribution in [0.25, 0.3) is 0 Å². The lowest BCUT2D eigenvalue weighted by Gasteiger charge is -2.23. The first kappa shape index (κ1) is 24.3. The van der Waals surface area contributed by atoms with E-state index in [0.717, 1.165) is 22.6 Å². The van der Waals surface area contributed by atoms with Crippen LogP contribution in [0.1, 0.15) is 40.9 Å². The van der Waals surface area contributed by atoms with Crippen molar-refractivity contribution >= 4 is 11.6 Å². The van der Waals surface area contributed by atoms with E-state index in [-0.39, 0.29) is 18.7 Å². The molecule has 0 aromatic heterocycles. The molecule has 0 saturated carbocycles. The lowest BCUT2D eigenvalue weighted by atomic mass is 9.97. The number of hydrogen-bond acceptors (Lipinski definition) is 8. The van der Waals surface area contributed by atoms with E-state index in [1.807, 2.05) is 49.4 Å². The molecule has 0 saturated heterocycles. The van der Waals surface area contributed by atoms with Crippen LogP contribution in [0.5, 0.6) is 34.5 Å². The second kappa shape index (κ2) is 10.3. The first-order valence-electron chi connectivity index (χ1n) is 11.9. The summed E-state index contributed by atoms with van der Waals surface area (Å²) >= 11 is 0. The molecule has 192 valence electrons. The molecule has 0 spiro atoms. The van der Waals surface area contributed by atoms with Gasteiger partial charge in [-0.25, -0.2) is 5.01 Å². The van der Waals surface area contributed by atoms with Crippen molar-refractivity contribution < 1.29 is 33.2 Å². The van der Waals surface area contributed by atoms with Gasteiger partial charge in [0.05, 0.1) is 39.7 Å². The van der Waals surface area contributed by atoms with Crippen molar-refractivity contribution in [1.82, 2.24) is 5.01 Å². The standard InChI is InChI=1S/C28H28N2O7/c1-5-35-20-9-6-17(7-10-20)21-15-22(18-8-11-23-24(12-18)37-16-36-23)30(29-21)28(31)19-13-25(32-2)27(34-4)26(14-19)33-3/h6-14,22H,5,15-16H2,1-4H3. The van der Waals surface area contributed by atoms with Crippen LogP contribution in [-0.2, 0) is 0 Å². The molecular weight excluding hydrogens is 476 g/mol. The van der Waals surface area contributed by atoms with Crippen molar-refractivity contribution in [2.24, 2.45) is 5.10 Å². The van der Waals surface area contributed by atoms with E-state index >= 15 is 0 Å². The summed E-state index contributed by atoms with van der Waals surface area (Å²) in [7, 11) is 4.55.